The second kappa shape index (κ2) is 9.15. The first-order chi connectivity index (χ1) is 16.6. The van der Waals surface area contributed by atoms with Gasteiger partial charge in [-0.2, -0.15) is 15.0 Å². The Labute approximate surface area is 199 Å². The molecule has 1 aliphatic heterocycles. The predicted molar refractivity (Wildman–Crippen MR) is 122 cm³/mol. The van der Waals surface area contributed by atoms with Crippen molar-refractivity contribution in [1.29, 1.82) is 5.26 Å². The number of pyridine rings is 2. The number of alkyl halides is 1. The highest BCUT2D eigenvalue weighted by molar-refractivity contribution is 5.99. The molecule has 3 aromatic rings. The van der Waals surface area contributed by atoms with Crippen molar-refractivity contribution >= 4 is 28.7 Å². The number of hydrogen-bond donors (Lipinski definition) is 4. The Bertz CT molecular complexity index is 1320. The highest BCUT2D eigenvalue weighted by atomic mass is 19.1. The van der Waals surface area contributed by atoms with E-state index in [1.807, 2.05) is 6.07 Å². The third-order valence-corrected chi connectivity index (χ3v) is 5.61. The van der Waals surface area contributed by atoms with Crippen molar-refractivity contribution in [2.75, 3.05) is 25.0 Å². The number of nitriles is 1. The third kappa shape index (κ3) is 4.97. The Morgan fingerprint density at radius 1 is 1.29 bits per heavy atom. The van der Waals surface area contributed by atoms with Gasteiger partial charge in [0.25, 0.3) is 5.91 Å². The first kappa shape index (κ1) is 23.8. The second-order valence-electron chi connectivity index (χ2n) is 8.75. The number of anilines is 1. The van der Waals surface area contributed by atoms with E-state index in [-0.39, 0.29) is 24.7 Å². The summed E-state index contributed by atoms with van der Waals surface area (Å²) in [6, 6.07) is 4.97. The zero-order valence-corrected chi connectivity index (χ0v) is 18.9. The van der Waals surface area contributed by atoms with Crippen LogP contribution in [0.15, 0.2) is 30.7 Å². The maximum absolute atomic E-state index is 14.1. The lowest BCUT2D eigenvalue weighted by Gasteiger charge is -2.38. The van der Waals surface area contributed by atoms with Gasteiger partial charge in [-0.3, -0.25) is 4.79 Å². The highest BCUT2D eigenvalue weighted by Gasteiger charge is 2.32. The number of likely N-dealkylation sites (tertiary alicyclic amines) is 1. The van der Waals surface area contributed by atoms with Crippen molar-refractivity contribution in [2.45, 2.75) is 31.7 Å². The van der Waals surface area contributed by atoms with E-state index in [2.05, 4.69) is 25.7 Å². The number of carbonyl (C=O) groups is 2. The van der Waals surface area contributed by atoms with Crippen LogP contribution in [0, 0.1) is 11.3 Å². The van der Waals surface area contributed by atoms with Crippen molar-refractivity contribution < 1.29 is 24.2 Å². The number of aromatic nitrogens is 4. The Morgan fingerprint density at radius 2 is 2.03 bits per heavy atom. The van der Waals surface area contributed by atoms with Gasteiger partial charge in [-0.1, -0.05) is 0 Å². The smallest absolute Gasteiger partial charge is 0.407 e. The predicted octanol–water partition coefficient (Wildman–Crippen LogP) is 1.30. The maximum Gasteiger partial charge on any atom is 0.407 e. The lowest BCUT2D eigenvalue weighted by molar-refractivity contribution is -0.00178. The van der Waals surface area contributed by atoms with Crippen LogP contribution >= 0.6 is 0 Å². The molecule has 4 N–H and O–H groups in total. The van der Waals surface area contributed by atoms with Crippen molar-refractivity contribution in [2.24, 2.45) is 0 Å². The van der Waals surface area contributed by atoms with Gasteiger partial charge in [-0.25, -0.2) is 19.2 Å². The highest BCUT2D eigenvalue weighted by Crippen LogP contribution is 2.24. The third-order valence-electron chi connectivity index (χ3n) is 5.61. The minimum Gasteiger partial charge on any atom is -0.465 e. The number of carbonyl (C=O) groups excluding carboxylic acids is 1. The Hall–Kier alpha value is -4.31. The molecule has 3 aromatic heterocycles. The molecule has 182 valence electrons. The van der Waals surface area contributed by atoms with E-state index in [0.717, 1.165) is 0 Å². The average Bonchev–Trinajstić information content (AvgIpc) is 3.21. The molecular weight excluding hydrogens is 459 g/mol. The fraction of sp³-hybridized carbons (Fsp3) is 0.364. The fourth-order valence-electron chi connectivity index (χ4n) is 3.48. The monoisotopic (exact) mass is 482 g/mol. The summed E-state index contributed by atoms with van der Waals surface area (Å²) in [7, 11) is 0. The van der Waals surface area contributed by atoms with Crippen LogP contribution in [0.5, 0.6) is 0 Å². The molecule has 1 saturated heterocycles. The zero-order valence-electron chi connectivity index (χ0n) is 18.9. The molecule has 0 saturated carbocycles. The number of nitrogens with one attached hydrogen (secondary N) is 2. The zero-order chi connectivity index (χ0) is 25.3. The summed E-state index contributed by atoms with van der Waals surface area (Å²) in [5.74, 6) is -0.291. The Morgan fingerprint density at radius 3 is 2.69 bits per heavy atom. The standard InChI is InChI=1S/C22H23FN8O4/c1-22(2,35)17(23)9-27-20(32)15-8-25-18(4-16(15)29-14-10-30(11-14)21(33)34)31-19-13(7-28-31)3-12(5-24)6-26-19/h3-4,6-8,14,17,35H,9-11H2,1-2H3,(H,25,29)(H,27,32)(H,33,34). The number of nitrogens with zero attached hydrogens (tertiary/aromatic N) is 6. The van der Waals surface area contributed by atoms with E-state index in [1.54, 1.807) is 12.1 Å². The first-order valence-corrected chi connectivity index (χ1v) is 10.7. The van der Waals surface area contributed by atoms with E-state index in [4.69, 9.17) is 10.4 Å². The summed E-state index contributed by atoms with van der Waals surface area (Å²) < 4.78 is 15.6. The molecule has 0 radical (unpaired) electrons. The number of hydrogen-bond acceptors (Lipinski definition) is 8. The Balaban J connectivity index is 1.63. The number of halogens is 1. The molecular formula is C22H23FN8O4. The number of carboxylic acid groups (broad SMARTS) is 1. The minimum atomic E-state index is -1.69. The van der Waals surface area contributed by atoms with Crippen LogP contribution in [-0.2, 0) is 0 Å². The van der Waals surface area contributed by atoms with Gasteiger partial charge in [-0.05, 0) is 19.9 Å². The van der Waals surface area contributed by atoms with Gasteiger partial charge < -0.3 is 25.7 Å². The van der Waals surface area contributed by atoms with Gasteiger partial charge in [0.1, 0.15) is 12.2 Å². The number of rotatable bonds is 7. The molecule has 35 heavy (non-hydrogen) atoms. The summed E-state index contributed by atoms with van der Waals surface area (Å²) in [5, 5.41) is 38.4. The van der Waals surface area contributed by atoms with E-state index < -0.39 is 30.3 Å². The van der Waals surface area contributed by atoms with Gasteiger partial charge >= 0.3 is 6.09 Å². The lowest BCUT2D eigenvalue weighted by atomic mass is 10.0. The van der Waals surface area contributed by atoms with Crippen LogP contribution in [0.3, 0.4) is 0 Å². The molecule has 1 unspecified atom stereocenters. The molecule has 2 amide bonds. The van der Waals surface area contributed by atoms with Crippen molar-refractivity contribution in [3.8, 4) is 11.9 Å². The molecule has 13 heteroatoms. The lowest BCUT2D eigenvalue weighted by Crippen LogP contribution is -2.56. The molecule has 4 rings (SSSR count). The normalized spacial score (nSPS) is 14.8. The van der Waals surface area contributed by atoms with Gasteiger partial charge in [0, 0.05) is 36.9 Å². The molecule has 1 aliphatic rings. The van der Waals surface area contributed by atoms with Crippen molar-refractivity contribution in [1.82, 2.24) is 30.0 Å². The van der Waals surface area contributed by atoms with Crippen LogP contribution in [0.4, 0.5) is 14.9 Å². The minimum absolute atomic E-state index is 0.113. The van der Waals surface area contributed by atoms with Crippen LogP contribution < -0.4 is 10.6 Å². The maximum atomic E-state index is 14.1. The molecule has 0 aromatic carbocycles. The number of aliphatic hydroxyl groups is 1. The molecule has 1 fully saturated rings. The van der Waals surface area contributed by atoms with Gasteiger partial charge in [0.15, 0.2) is 11.5 Å². The molecule has 0 bridgehead atoms. The van der Waals surface area contributed by atoms with Gasteiger partial charge in [0.2, 0.25) is 0 Å². The topological polar surface area (TPSA) is 169 Å². The molecule has 1 atom stereocenters. The largest absolute Gasteiger partial charge is 0.465 e. The van der Waals surface area contributed by atoms with Crippen molar-refractivity contribution in [3.05, 3.63) is 41.9 Å². The van der Waals surface area contributed by atoms with Crippen LogP contribution in [0.25, 0.3) is 16.9 Å². The quantitative estimate of drug-likeness (QED) is 0.388. The summed E-state index contributed by atoms with van der Waals surface area (Å²) in [6.45, 7) is 2.65. The molecule has 0 spiro atoms. The number of amides is 2. The summed E-state index contributed by atoms with van der Waals surface area (Å²) in [5.41, 5.74) is -0.335. The van der Waals surface area contributed by atoms with Crippen LogP contribution in [0.2, 0.25) is 0 Å². The van der Waals surface area contributed by atoms with E-state index in [9.17, 15) is 19.1 Å². The second-order valence-corrected chi connectivity index (χ2v) is 8.75. The van der Waals surface area contributed by atoms with Gasteiger partial charge in [-0.15, -0.1) is 0 Å². The van der Waals surface area contributed by atoms with Crippen molar-refractivity contribution in [3.63, 3.8) is 0 Å². The van der Waals surface area contributed by atoms with E-state index in [1.165, 1.54) is 42.0 Å². The van der Waals surface area contributed by atoms with Gasteiger partial charge in [0.05, 0.1) is 41.2 Å². The summed E-state index contributed by atoms with van der Waals surface area (Å²) in [6.07, 6.45) is 1.52. The van der Waals surface area contributed by atoms with E-state index >= 15 is 0 Å². The van der Waals surface area contributed by atoms with E-state index in [0.29, 0.717) is 28.1 Å². The molecule has 12 nitrogen and oxygen atoms in total. The molecule has 4 heterocycles. The summed E-state index contributed by atoms with van der Waals surface area (Å²) in [4.78, 5) is 33.7. The van der Waals surface area contributed by atoms with Crippen LogP contribution in [-0.4, -0.2) is 84.3 Å². The SMILES string of the molecule is CC(C)(O)C(F)CNC(=O)c1cnc(-n2ncc3cc(C#N)cnc32)cc1NC1CN(C(=O)O)C1. The van der Waals surface area contributed by atoms with Crippen LogP contribution in [0.1, 0.15) is 29.8 Å². The fourth-order valence-corrected chi connectivity index (χ4v) is 3.48. The number of fused-ring (bicyclic) bond motifs is 1. The molecule has 0 aliphatic carbocycles. The Kier molecular flexibility index (Phi) is 6.23. The first-order valence-electron chi connectivity index (χ1n) is 10.7. The summed E-state index contributed by atoms with van der Waals surface area (Å²) >= 11 is 0. The average molecular weight is 482 g/mol.